The Labute approximate surface area is 172 Å². The first-order chi connectivity index (χ1) is 14.2. The van der Waals surface area contributed by atoms with Crippen LogP contribution in [-0.4, -0.2) is 90.8 Å². The number of aliphatic carboxylic acids is 3. The average Bonchev–Trinajstić information content (AvgIpc) is 2.66. The Balaban J connectivity index is 2.32. The second-order valence-electron chi connectivity index (χ2n) is 7.23. The molecule has 11 heteroatoms. The van der Waals surface area contributed by atoms with E-state index >= 15 is 0 Å². The Morgan fingerprint density at radius 3 is 1.83 bits per heavy atom. The lowest BCUT2D eigenvalue weighted by Crippen LogP contribution is -2.56. The molecule has 0 aromatic carbocycles. The van der Waals surface area contributed by atoms with Crippen molar-refractivity contribution in [2.45, 2.75) is 44.3 Å². The van der Waals surface area contributed by atoms with Gasteiger partial charge in [-0.25, -0.2) is 9.78 Å². The van der Waals surface area contributed by atoms with Crippen LogP contribution in [0, 0.1) is 0 Å². The van der Waals surface area contributed by atoms with E-state index in [-0.39, 0.29) is 18.8 Å². The molecule has 4 N–H and O–H groups in total. The zero-order chi connectivity index (χ0) is 22.3. The molecule has 0 amide bonds. The zero-order valence-corrected chi connectivity index (χ0v) is 16.3. The molecule has 1 fully saturated rings. The van der Waals surface area contributed by atoms with Crippen molar-refractivity contribution in [3.63, 3.8) is 0 Å². The summed E-state index contributed by atoms with van der Waals surface area (Å²) >= 11 is 0. The first-order valence-electron chi connectivity index (χ1n) is 9.50. The number of carboxylic acids is 4. The summed E-state index contributed by atoms with van der Waals surface area (Å²) in [5, 5.41) is 36.9. The highest BCUT2D eigenvalue weighted by Gasteiger charge is 2.36. The molecule has 0 spiro atoms. The largest absolute Gasteiger partial charge is 0.480 e. The van der Waals surface area contributed by atoms with Crippen LogP contribution in [0.25, 0.3) is 0 Å². The van der Waals surface area contributed by atoms with Crippen LogP contribution in [0.2, 0.25) is 0 Å². The number of hydrogen-bond acceptors (Lipinski definition) is 7. The molecular weight excluding hydrogens is 398 g/mol. The molecule has 1 saturated carbocycles. The summed E-state index contributed by atoms with van der Waals surface area (Å²) in [7, 11) is 0. The van der Waals surface area contributed by atoms with Crippen LogP contribution in [0.4, 0.5) is 0 Å². The Morgan fingerprint density at radius 2 is 1.33 bits per heavy atom. The predicted molar refractivity (Wildman–Crippen MR) is 102 cm³/mol. The zero-order valence-electron chi connectivity index (χ0n) is 16.3. The van der Waals surface area contributed by atoms with Crippen molar-refractivity contribution in [1.82, 2.24) is 14.8 Å². The van der Waals surface area contributed by atoms with Gasteiger partial charge in [0.1, 0.15) is 5.69 Å². The van der Waals surface area contributed by atoms with Crippen LogP contribution in [0.3, 0.4) is 0 Å². The van der Waals surface area contributed by atoms with E-state index in [1.165, 1.54) is 17.0 Å². The smallest absolute Gasteiger partial charge is 0.354 e. The van der Waals surface area contributed by atoms with Gasteiger partial charge in [-0.05, 0) is 25.0 Å². The van der Waals surface area contributed by atoms with E-state index in [0.29, 0.717) is 18.5 Å². The number of hydrogen-bond donors (Lipinski definition) is 4. The van der Waals surface area contributed by atoms with Gasteiger partial charge in [0, 0.05) is 18.6 Å². The van der Waals surface area contributed by atoms with E-state index in [0.717, 1.165) is 12.8 Å². The summed E-state index contributed by atoms with van der Waals surface area (Å²) in [6.45, 7) is -1.26. The van der Waals surface area contributed by atoms with Crippen molar-refractivity contribution in [3.8, 4) is 0 Å². The molecule has 0 aliphatic heterocycles. The summed E-state index contributed by atoms with van der Waals surface area (Å²) in [4.78, 5) is 52.2. The predicted octanol–water partition coefficient (Wildman–Crippen LogP) is 0.449. The van der Waals surface area contributed by atoms with E-state index in [9.17, 15) is 34.5 Å². The molecule has 0 saturated heterocycles. The lowest BCUT2D eigenvalue weighted by Gasteiger charge is -2.43. The summed E-state index contributed by atoms with van der Waals surface area (Å²) in [5.74, 6) is -4.63. The Morgan fingerprint density at radius 1 is 0.833 bits per heavy atom. The van der Waals surface area contributed by atoms with E-state index in [1.54, 1.807) is 11.0 Å². The van der Waals surface area contributed by atoms with Crippen molar-refractivity contribution in [3.05, 3.63) is 29.6 Å². The molecule has 11 nitrogen and oxygen atoms in total. The van der Waals surface area contributed by atoms with Gasteiger partial charge in [-0.15, -0.1) is 0 Å². The summed E-state index contributed by atoms with van der Waals surface area (Å²) < 4.78 is 0. The second kappa shape index (κ2) is 10.6. The Kier molecular flexibility index (Phi) is 8.25. The van der Waals surface area contributed by atoms with Crippen molar-refractivity contribution in [1.29, 1.82) is 0 Å². The molecule has 0 bridgehead atoms. The van der Waals surface area contributed by atoms with Gasteiger partial charge in [-0.2, -0.15) is 0 Å². The van der Waals surface area contributed by atoms with E-state index in [4.69, 9.17) is 5.11 Å². The fourth-order valence-electron chi connectivity index (χ4n) is 3.94. The van der Waals surface area contributed by atoms with Crippen molar-refractivity contribution < 1.29 is 39.6 Å². The Hall–Kier alpha value is -3.05. The summed E-state index contributed by atoms with van der Waals surface area (Å²) in [5.41, 5.74) is 0.199. The number of aromatic carboxylic acids is 1. The molecule has 1 heterocycles. The van der Waals surface area contributed by atoms with Gasteiger partial charge in [0.05, 0.1) is 25.3 Å². The first kappa shape index (κ1) is 23.2. The lowest BCUT2D eigenvalue weighted by atomic mass is 9.87. The number of pyridine rings is 1. The normalized spacial score (nSPS) is 19.0. The standard InChI is InChI=1S/C19H25N3O8/c23-16(24)9-21(8-12-4-3-5-13(20-12)19(29)30)14-6-1-2-7-15(14)22(10-17(25)26)11-18(27)28/h3-5,14-15H,1-2,6-11H2,(H,23,24)(H,25,26)(H,27,28)(H,29,30)/t14-,15-/m0/s1. The molecule has 1 aromatic rings. The molecule has 1 aliphatic carbocycles. The number of rotatable bonds is 11. The third kappa shape index (κ3) is 6.78. The van der Waals surface area contributed by atoms with Gasteiger partial charge in [-0.1, -0.05) is 18.9 Å². The molecule has 2 atom stereocenters. The maximum atomic E-state index is 11.5. The van der Waals surface area contributed by atoms with Crippen LogP contribution in [0.15, 0.2) is 18.2 Å². The van der Waals surface area contributed by atoms with E-state index < -0.39 is 49.1 Å². The maximum absolute atomic E-state index is 11.5. The number of aromatic nitrogens is 1. The van der Waals surface area contributed by atoms with Crippen LogP contribution in [0.5, 0.6) is 0 Å². The number of carboxylic acid groups (broad SMARTS) is 4. The molecule has 30 heavy (non-hydrogen) atoms. The highest BCUT2D eigenvalue weighted by atomic mass is 16.4. The highest BCUT2D eigenvalue weighted by molar-refractivity contribution is 5.85. The van der Waals surface area contributed by atoms with Crippen molar-refractivity contribution in [2.24, 2.45) is 0 Å². The van der Waals surface area contributed by atoms with Gasteiger partial charge in [-0.3, -0.25) is 24.2 Å². The van der Waals surface area contributed by atoms with Crippen molar-refractivity contribution in [2.75, 3.05) is 19.6 Å². The maximum Gasteiger partial charge on any atom is 0.354 e. The third-order valence-corrected chi connectivity index (χ3v) is 5.04. The minimum absolute atomic E-state index is 0.0442. The molecule has 2 rings (SSSR count). The fraction of sp³-hybridized carbons (Fsp3) is 0.526. The molecule has 1 aliphatic rings. The topological polar surface area (TPSA) is 169 Å². The van der Waals surface area contributed by atoms with Gasteiger partial charge in [0.15, 0.2) is 0 Å². The van der Waals surface area contributed by atoms with Crippen molar-refractivity contribution >= 4 is 23.9 Å². The number of carbonyl (C=O) groups is 4. The van der Waals surface area contributed by atoms with Gasteiger partial charge < -0.3 is 20.4 Å². The van der Waals surface area contributed by atoms with Crippen LogP contribution < -0.4 is 0 Å². The fourth-order valence-corrected chi connectivity index (χ4v) is 3.94. The average molecular weight is 423 g/mol. The minimum Gasteiger partial charge on any atom is -0.480 e. The van der Waals surface area contributed by atoms with Gasteiger partial charge in [0.25, 0.3) is 0 Å². The van der Waals surface area contributed by atoms with E-state index in [2.05, 4.69) is 4.98 Å². The monoisotopic (exact) mass is 423 g/mol. The Bertz CT molecular complexity index is 784. The molecular formula is C19H25N3O8. The van der Waals surface area contributed by atoms with Crippen LogP contribution in [0.1, 0.15) is 41.9 Å². The summed E-state index contributed by atoms with van der Waals surface area (Å²) in [6, 6.07) is 3.56. The first-order valence-corrected chi connectivity index (χ1v) is 9.50. The third-order valence-electron chi connectivity index (χ3n) is 5.04. The van der Waals surface area contributed by atoms with Crippen LogP contribution in [-0.2, 0) is 20.9 Å². The summed E-state index contributed by atoms with van der Waals surface area (Å²) in [6.07, 6.45) is 2.65. The SMILES string of the molecule is O=C(O)CN(CC(=O)O)[C@H]1CCCC[C@@H]1N(CC(=O)O)Cc1cccc(C(=O)O)n1. The number of nitrogens with zero attached hydrogens (tertiary/aromatic N) is 3. The molecule has 1 aromatic heterocycles. The van der Waals surface area contributed by atoms with Gasteiger partial charge >= 0.3 is 23.9 Å². The minimum atomic E-state index is -1.20. The second-order valence-corrected chi connectivity index (χ2v) is 7.23. The lowest BCUT2D eigenvalue weighted by molar-refractivity contribution is -0.146. The molecule has 164 valence electrons. The van der Waals surface area contributed by atoms with Gasteiger partial charge in [0.2, 0.25) is 0 Å². The molecule has 0 radical (unpaired) electrons. The van der Waals surface area contributed by atoms with Crippen LogP contribution >= 0.6 is 0 Å². The highest BCUT2D eigenvalue weighted by Crippen LogP contribution is 2.28. The molecule has 0 unspecified atom stereocenters. The van der Waals surface area contributed by atoms with E-state index in [1.807, 2.05) is 0 Å². The quantitative estimate of drug-likeness (QED) is 0.390.